The predicted molar refractivity (Wildman–Crippen MR) is 66.1 cm³/mol. The maximum Gasteiger partial charge on any atom is 0.192 e. The van der Waals surface area contributed by atoms with Gasteiger partial charge >= 0.3 is 0 Å². The van der Waals surface area contributed by atoms with E-state index >= 15 is 0 Å². The Morgan fingerprint density at radius 2 is 2.06 bits per heavy atom. The van der Waals surface area contributed by atoms with Gasteiger partial charge in [0, 0.05) is 0 Å². The highest BCUT2D eigenvalue weighted by atomic mass is 28.4. The number of furan rings is 1. The normalized spacial score (nSPS) is 12.8. The van der Waals surface area contributed by atoms with Crippen molar-refractivity contribution < 1.29 is 13.6 Å². The summed E-state index contributed by atoms with van der Waals surface area (Å²) in [6, 6.07) is 1.72. The minimum Gasteiger partial charge on any atom is -0.466 e. The van der Waals surface area contributed by atoms with Crippen LogP contribution in [-0.2, 0) is 11.0 Å². The van der Waals surface area contributed by atoms with Crippen molar-refractivity contribution in [2.45, 2.75) is 45.5 Å². The molecule has 1 rings (SSSR count). The first kappa shape index (κ1) is 13.2. The molecule has 0 radical (unpaired) electrons. The van der Waals surface area contributed by atoms with Crippen LogP contribution in [0, 0.1) is 0 Å². The minimum atomic E-state index is -1.74. The third kappa shape index (κ3) is 3.06. The first-order valence-corrected chi connectivity index (χ1v) is 8.33. The molecule has 0 bridgehead atoms. The van der Waals surface area contributed by atoms with Crippen molar-refractivity contribution in [2.75, 3.05) is 0 Å². The summed E-state index contributed by atoms with van der Waals surface area (Å²) in [7, 11) is -1.74. The number of hydrogen-bond donors (Lipinski definition) is 0. The maximum absolute atomic E-state index is 10.5. The summed E-state index contributed by atoms with van der Waals surface area (Å²) in [6.07, 6.45) is 2.23. The molecule has 0 aliphatic carbocycles. The molecule has 16 heavy (non-hydrogen) atoms. The molecule has 0 atom stereocenters. The van der Waals surface area contributed by atoms with E-state index in [1.54, 1.807) is 6.07 Å². The quantitative estimate of drug-likeness (QED) is 0.596. The molecule has 0 unspecified atom stereocenters. The van der Waals surface area contributed by atoms with Gasteiger partial charge in [-0.1, -0.05) is 20.8 Å². The Labute approximate surface area is 97.9 Å². The van der Waals surface area contributed by atoms with Crippen LogP contribution in [0.15, 0.2) is 16.7 Å². The summed E-state index contributed by atoms with van der Waals surface area (Å²) in [6.45, 7) is 11.4. The summed E-state index contributed by atoms with van der Waals surface area (Å²) in [5.41, 5.74) is 0.564. The van der Waals surface area contributed by atoms with E-state index in [1.165, 1.54) is 6.26 Å². The van der Waals surface area contributed by atoms with E-state index in [0.29, 0.717) is 17.9 Å². The van der Waals surface area contributed by atoms with Gasteiger partial charge in [0.05, 0.1) is 12.2 Å². The maximum atomic E-state index is 10.5. The van der Waals surface area contributed by atoms with Crippen LogP contribution in [0.2, 0.25) is 18.1 Å². The Morgan fingerprint density at radius 1 is 1.44 bits per heavy atom. The Balaban J connectivity index is 2.61. The SMILES string of the molecule is CC(C)(C)[Si](C)(C)OCc1cc(C=O)co1. The third-order valence-corrected chi connectivity index (χ3v) is 7.67. The van der Waals surface area contributed by atoms with E-state index in [0.717, 1.165) is 6.29 Å². The minimum absolute atomic E-state index is 0.188. The second kappa shape index (κ2) is 4.55. The molecule has 0 saturated carbocycles. The Morgan fingerprint density at radius 3 is 2.50 bits per heavy atom. The van der Waals surface area contributed by atoms with Crippen LogP contribution < -0.4 is 0 Å². The second-order valence-electron chi connectivity index (χ2n) is 5.51. The average Bonchev–Trinajstić information content (AvgIpc) is 2.60. The Kier molecular flexibility index (Phi) is 3.75. The van der Waals surface area contributed by atoms with Gasteiger partial charge in [-0.3, -0.25) is 4.79 Å². The molecule has 0 spiro atoms. The molecular formula is C12H20O3Si. The first-order chi connectivity index (χ1) is 7.26. The van der Waals surface area contributed by atoms with Gasteiger partial charge in [0.1, 0.15) is 12.0 Å². The molecule has 0 fully saturated rings. The highest BCUT2D eigenvalue weighted by Gasteiger charge is 2.37. The lowest BCUT2D eigenvalue weighted by molar-refractivity contribution is 0.112. The van der Waals surface area contributed by atoms with Gasteiger partial charge < -0.3 is 8.84 Å². The zero-order valence-corrected chi connectivity index (χ0v) is 11.7. The molecular weight excluding hydrogens is 220 g/mol. The van der Waals surface area contributed by atoms with Crippen molar-refractivity contribution in [3.63, 3.8) is 0 Å². The van der Waals surface area contributed by atoms with Crippen LogP contribution in [-0.4, -0.2) is 14.6 Å². The lowest BCUT2D eigenvalue weighted by Gasteiger charge is -2.35. The van der Waals surface area contributed by atoms with Crippen molar-refractivity contribution in [3.8, 4) is 0 Å². The standard InChI is InChI=1S/C12H20O3Si/c1-12(2,3)16(4,5)15-9-11-6-10(7-13)8-14-11/h6-8H,9H2,1-5H3. The fourth-order valence-electron chi connectivity index (χ4n) is 1.00. The summed E-state index contributed by atoms with van der Waals surface area (Å²) in [5.74, 6) is 0.715. The number of hydrogen-bond acceptors (Lipinski definition) is 3. The molecule has 3 nitrogen and oxygen atoms in total. The van der Waals surface area contributed by atoms with E-state index in [1.807, 2.05) is 0 Å². The number of rotatable bonds is 4. The van der Waals surface area contributed by atoms with Crippen molar-refractivity contribution in [1.29, 1.82) is 0 Å². The van der Waals surface area contributed by atoms with Crippen LogP contribution in [0.1, 0.15) is 36.9 Å². The highest BCUT2D eigenvalue weighted by molar-refractivity contribution is 6.74. The van der Waals surface area contributed by atoms with Gasteiger partial charge in [-0.05, 0) is 24.2 Å². The molecule has 0 aliphatic heterocycles. The fraction of sp³-hybridized carbons (Fsp3) is 0.583. The smallest absolute Gasteiger partial charge is 0.192 e. The predicted octanol–water partition coefficient (Wildman–Crippen LogP) is 3.61. The van der Waals surface area contributed by atoms with E-state index in [2.05, 4.69) is 33.9 Å². The molecule has 0 aliphatic rings. The zero-order chi connectivity index (χ0) is 12.4. The van der Waals surface area contributed by atoms with Gasteiger partial charge in [0.15, 0.2) is 14.6 Å². The van der Waals surface area contributed by atoms with Crippen molar-refractivity contribution in [2.24, 2.45) is 0 Å². The number of carbonyl (C=O) groups excluding carboxylic acids is 1. The summed E-state index contributed by atoms with van der Waals surface area (Å²) >= 11 is 0. The van der Waals surface area contributed by atoms with Gasteiger partial charge in [-0.2, -0.15) is 0 Å². The Bertz CT molecular complexity index is 361. The van der Waals surface area contributed by atoms with E-state index in [-0.39, 0.29) is 5.04 Å². The van der Waals surface area contributed by atoms with Gasteiger partial charge in [0.25, 0.3) is 0 Å². The summed E-state index contributed by atoms with van der Waals surface area (Å²) in [4.78, 5) is 10.5. The first-order valence-electron chi connectivity index (χ1n) is 5.43. The van der Waals surface area contributed by atoms with Gasteiger partial charge in [0.2, 0.25) is 0 Å². The highest BCUT2D eigenvalue weighted by Crippen LogP contribution is 2.37. The van der Waals surface area contributed by atoms with Gasteiger partial charge in [-0.25, -0.2) is 0 Å². The van der Waals surface area contributed by atoms with Crippen LogP contribution in [0.25, 0.3) is 0 Å². The number of carbonyl (C=O) groups is 1. The zero-order valence-electron chi connectivity index (χ0n) is 10.7. The molecule has 90 valence electrons. The molecule has 0 N–H and O–H groups in total. The molecule has 0 aromatic carbocycles. The van der Waals surface area contributed by atoms with E-state index < -0.39 is 8.32 Å². The third-order valence-electron chi connectivity index (χ3n) is 3.19. The average molecular weight is 240 g/mol. The van der Waals surface area contributed by atoms with Crippen LogP contribution in [0.4, 0.5) is 0 Å². The number of aldehydes is 1. The molecule has 1 aromatic heterocycles. The Hall–Kier alpha value is -0.873. The van der Waals surface area contributed by atoms with Crippen LogP contribution in [0.3, 0.4) is 0 Å². The van der Waals surface area contributed by atoms with Crippen molar-refractivity contribution in [3.05, 3.63) is 23.7 Å². The molecule has 4 heteroatoms. The van der Waals surface area contributed by atoms with Crippen molar-refractivity contribution in [1.82, 2.24) is 0 Å². The molecule has 1 heterocycles. The fourth-order valence-corrected chi connectivity index (χ4v) is 1.94. The van der Waals surface area contributed by atoms with Crippen LogP contribution in [0.5, 0.6) is 0 Å². The topological polar surface area (TPSA) is 39.4 Å². The van der Waals surface area contributed by atoms with E-state index in [9.17, 15) is 4.79 Å². The largest absolute Gasteiger partial charge is 0.466 e. The summed E-state index contributed by atoms with van der Waals surface area (Å²) in [5, 5.41) is 0.188. The molecule has 0 amide bonds. The van der Waals surface area contributed by atoms with Crippen LogP contribution >= 0.6 is 0 Å². The van der Waals surface area contributed by atoms with E-state index in [4.69, 9.17) is 8.84 Å². The lowest BCUT2D eigenvalue weighted by atomic mass is 10.2. The van der Waals surface area contributed by atoms with Gasteiger partial charge in [-0.15, -0.1) is 0 Å². The summed E-state index contributed by atoms with van der Waals surface area (Å²) < 4.78 is 11.2. The molecule has 1 aromatic rings. The lowest BCUT2D eigenvalue weighted by Crippen LogP contribution is -2.40. The second-order valence-corrected chi connectivity index (χ2v) is 10.3. The molecule has 0 saturated heterocycles. The monoisotopic (exact) mass is 240 g/mol. The van der Waals surface area contributed by atoms with Crippen molar-refractivity contribution >= 4 is 14.6 Å².